The van der Waals surface area contributed by atoms with Gasteiger partial charge in [-0.25, -0.2) is 0 Å². The van der Waals surface area contributed by atoms with Crippen LogP contribution in [0.3, 0.4) is 0 Å². The first-order chi connectivity index (χ1) is 10.1. The molecule has 1 aliphatic carbocycles. The molecule has 3 rings (SSSR count). The number of aliphatic carboxylic acids is 1. The molecule has 1 N–H and O–H groups in total. The van der Waals surface area contributed by atoms with Crippen molar-refractivity contribution in [3.05, 3.63) is 0 Å². The highest BCUT2D eigenvalue weighted by Gasteiger charge is 2.42. The fraction of sp³-hybridized carbons (Fsp3) is 0.941. The summed E-state index contributed by atoms with van der Waals surface area (Å²) in [4.78, 5) is 13.8. The second kappa shape index (κ2) is 6.25. The van der Waals surface area contributed by atoms with E-state index in [1.165, 1.54) is 32.1 Å². The molecule has 3 atom stereocenters. The third-order valence-corrected chi connectivity index (χ3v) is 5.98. The van der Waals surface area contributed by atoms with Crippen LogP contribution < -0.4 is 0 Å². The Bertz CT molecular complexity index is 373. The van der Waals surface area contributed by atoms with E-state index in [4.69, 9.17) is 4.74 Å². The van der Waals surface area contributed by atoms with Crippen molar-refractivity contribution < 1.29 is 14.6 Å². The van der Waals surface area contributed by atoms with Crippen molar-refractivity contribution in [2.75, 3.05) is 13.2 Å². The number of hydrogen-bond donors (Lipinski definition) is 1. The van der Waals surface area contributed by atoms with E-state index in [2.05, 4.69) is 11.8 Å². The lowest BCUT2D eigenvalue weighted by Crippen LogP contribution is -2.54. The number of rotatable bonds is 2. The van der Waals surface area contributed by atoms with E-state index in [9.17, 15) is 9.90 Å². The normalized spacial score (nSPS) is 37.5. The average molecular weight is 295 g/mol. The lowest BCUT2D eigenvalue weighted by molar-refractivity contribution is -0.148. The van der Waals surface area contributed by atoms with E-state index in [0.29, 0.717) is 12.1 Å². The minimum absolute atomic E-state index is 0.139. The standard InChI is InChI=1S/C17H29NO3/c1-13-11-14(16(19)20)5-9-18(13)15-6-10-21-17(12-15)7-3-2-4-8-17/h13-15H,2-12H2,1H3,(H,19,20). The van der Waals surface area contributed by atoms with Crippen molar-refractivity contribution in [1.82, 2.24) is 4.90 Å². The van der Waals surface area contributed by atoms with E-state index in [1.54, 1.807) is 0 Å². The molecular weight excluding hydrogens is 266 g/mol. The van der Waals surface area contributed by atoms with Crippen LogP contribution in [0, 0.1) is 5.92 Å². The van der Waals surface area contributed by atoms with Crippen LogP contribution in [0.2, 0.25) is 0 Å². The molecule has 4 heteroatoms. The van der Waals surface area contributed by atoms with Crippen LogP contribution in [0.5, 0.6) is 0 Å². The van der Waals surface area contributed by atoms with Gasteiger partial charge in [0.1, 0.15) is 0 Å². The number of likely N-dealkylation sites (tertiary alicyclic amines) is 1. The third kappa shape index (κ3) is 3.26. The zero-order chi connectivity index (χ0) is 14.9. The van der Waals surface area contributed by atoms with Gasteiger partial charge in [0.05, 0.1) is 11.5 Å². The van der Waals surface area contributed by atoms with Crippen molar-refractivity contribution in [3.8, 4) is 0 Å². The second-order valence-corrected chi connectivity index (χ2v) is 7.39. The molecule has 1 saturated carbocycles. The fourth-order valence-corrected chi connectivity index (χ4v) is 4.79. The van der Waals surface area contributed by atoms with Crippen molar-refractivity contribution in [3.63, 3.8) is 0 Å². The lowest BCUT2D eigenvalue weighted by Gasteiger charge is -2.49. The summed E-state index contributed by atoms with van der Waals surface area (Å²) in [5.74, 6) is -0.753. The molecule has 120 valence electrons. The molecule has 3 unspecified atom stereocenters. The fourth-order valence-electron chi connectivity index (χ4n) is 4.79. The molecule has 0 bridgehead atoms. The summed E-state index contributed by atoms with van der Waals surface area (Å²) >= 11 is 0. The maximum atomic E-state index is 11.2. The zero-order valence-electron chi connectivity index (χ0n) is 13.2. The molecule has 2 aliphatic heterocycles. The summed E-state index contributed by atoms with van der Waals surface area (Å²) in [6, 6.07) is 0.991. The van der Waals surface area contributed by atoms with E-state index < -0.39 is 5.97 Å². The molecule has 2 heterocycles. The number of carboxylic acids is 1. The first-order valence-corrected chi connectivity index (χ1v) is 8.72. The predicted octanol–water partition coefficient (Wildman–Crippen LogP) is 3.05. The molecule has 3 fully saturated rings. The van der Waals surface area contributed by atoms with Crippen LogP contribution >= 0.6 is 0 Å². The highest BCUT2D eigenvalue weighted by atomic mass is 16.5. The van der Waals surface area contributed by atoms with Gasteiger partial charge in [-0.1, -0.05) is 19.3 Å². The van der Waals surface area contributed by atoms with Crippen molar-refractivity contribution >= 4 is 5.97 Å². The SMILES string of the molecule is CC1CC(C(=O)O)CCN1C1CCOC2(CCCCC2)C1. The molecular formula is C17H29NO3. The Balaban J connectivity index is 1.62. The van der Waals surface area contributed by atoms with Gasteiger partial charge in [-0.15, -0.1) is 0 Å². The highest BCUT2D eigenvalue weighted by Crippen LogP contribution is 2.41. The van der Waals surface area contributed by atoms with Gasteiger partial charge in [0.2, 0.25) is 0 Å². The van der Waals surface area contributed by atoms with E-state index in [-0.39, 0.29) is 11.5 Å². The summed E-state index contributed by atoms with van der Waals surface area (Å²) in [5, 5.41) is 9.21. The monoisotopic (exact) mass is 295 g/mol. The Morgan fingerprint density at radius 2 is 2.00 bits per heavy atom. The molecule has 0 aromatic rings. The minimum Gasteiger partial charge on any atom is -0.481 e. The molecule has 3 aliphatic rings. The van der Waals surface area contributed by atoms with Crippen LogP contribution in [0.4, 0.5) is 0 Å². The Hall–Kier alpha value is -0.610. The molecule has 21 heavy (non-hydrogen) atoms. The van der Waals surface area contributed by atoms with E-state index in [1.807, 2.05) is 0 Å². The van der Waals surface area contributed by atoms with Gasteiger partial charge < -0.3 is 9.84 Å². The molecule has 0 amide bonds. The van der Waals surface area contributed by atoms with Gasteiger partial charge in [0.25, 0.3) is 0 Å². The predicted molar refractivity (Wildman–Crippen MR) is 81.3 cm³/mol. The third-order valence-electron chi connectivity index (χ3n) is 5.98. The van der Waals surface area contributed by atoms with Crippen LogP contribution in [-0.2, 0) is 9.53 Å². The van der Waals surface area contributed by atoms with Gasteiger partial charge in [-0.2, -0.15) is 0 Å². The van der Waals surface area contributed by atoms with Crippen molar-refractivity contribution in [1.29, 1.82) is 0 Å². The number of hydrogen-bond acceptors (Lipinski definition) is 3. The molecule has 0 radical (unpaired) electrons. The summed E-state index contributed by atoms with van der Waals surface area (Å²) in [6.45, 7) is 4.03. The first kappa shape index (κ1) is 15.3. The van der Waals surface area contributed by atoms with Gasteiger partial charge in [0, 0.05) is 18.7 Å². The quantitative estimate of drug-likeness (QED) is 0.850. The van der Waals surface area contributed by atoms with Crippen molar-refractivity contribution in [2.24, 2.45) is 5.92 Å². The smallest absolute Gasteiger partial charge is 0.306 e. The van der Waals surface area contributed by atoms with Crippen LogP contribution in [-0.4, -0.2) is 46.8 Å². The molecule has 4 nitrogen and oxygen atoms in total. The van der Waals surface area contributed by atoms with Crippen LogP contribution in [0.1, 0.15) is 64.7 Å². The van der Waals surface area contributed by atoms with Crippen LogP contribution in [0.25, 0.3) is 0 Å². The van der Waals surface area contributed by atoms with Gasteiger partial charge in [-0.05, 0) is 52.0 Å². The summed E-state index contributed by atoms with van der Waals surface area (Å²) < 4.78 is 6.20. The first-order valence-electron chi connectivity index (χ1n) is 8.72. The number of piperidine rings is 1. The topological polar surface area (TPSA) is 49.8 Å². The Labute approximate surface area is 127 Å². The van der Waals surface area contributed by atoms with Crippen molar-refractivity contribution in [2.45, 2.75) is 82.4 Å². The molecule has 2 saturated heterocycles. The minimum atomic E-state index is -0.614. The zero-order valence-corrected chi connectivity index (χ0v) is 13.2. The summed E-state index contributed by atoms with van der Waals surface area (Å²) in [6.07, 6.45) is 10.3. The lowest BCUT2D eigenvalue weighted by atomic mass is 9.77. The van der Waals surface area contributed by atoms with Gasteiger partial charge in [-0.3, -0.25) is 9.69 Å². The largest absolute Gasteiger partial charge is 0.481 e. The molecule has 0 aromatic heterocycles. The summed E-state index contributed by atoms with van der Waals surface area (Å²) in [5.41, 5.74) is 0.143. The van der Waals surface area contributed by atoms with Crippen LogP contribution in [0.15, 0.2) is 0 Å². The Morgan fingerprint density at radius 3 is 2.67 bits per heavy atom. The number of ether oxygens (including phenoxy) is 1. The van der Waals surface area contributed by atoms with Gasteiger partial charge >= 0.3 is 5.97 Å². The average Bonchev–Trinajstić information content (AvgIpc) is 2.48. The molecule has 0 aromatic carbocycles. The number of carboxylic acid groups (broad SMARTS) is 1. The van der Waals surface area contributed by atoms with Gasteiger partial charge in [0.15, 0.2) is 0 Å². The number of carbonyl (C=O) groups is 1. The Morgan fingerprint density at radius 1 is 1.24 bits per heavy atom. The Kier molecular flexibility index (Phi) is 4.55. The highest BCUT2D eigenvalue weighted by molar-refractivity contribution is 5.70. The molecule has 1 spiro atoms. The number of nitrogens with zero attached hydrogens (tertiary/aromatic N) is 1. The van der Waals surface area contributed by atoms with E-state index in [0.717, 1.165) is 38.8 Å². The maximum Gasteiger partial charge on any atom is 0.306 e. The summed E-state index contributed by atoms with van der Waals surface area (Å²) in [7, 11) is 0. The second-order valence-electron chi connectivity index (χ2n) is 7.39. The van der Waals surface area contributed by atoms with E-state index >= 15 is 0 Å². The maximum absolute atomic E-state index is 11.2.